The van der Waals surface area contributed by atoms with Crippen LogP contribution in [0.1, 0.15) is 24.3 Å². The van der Waals surface area contributed by atoms with Crippen molar-refractivity contribution in [1.82, 2.24) is 4.90 Å². The van der Waals surface area contributed by atoms with Crippen molar-refractivity contribution in [3.63, 3.8) is 0 Å². The standard InChI is InChI=1S/C19H27NO2S/c1-16(2)14-22-15-18(21)12-20(13-19-9-6-10-23-19)11-17-7-4-3-5-8-17/h3-10,16,18,21H,11-15H2,1-2H3/t18-/m1/s1. The van der Waals surface area contributed by atoms with Gasteiger partial charge in [0.1, 0.15) is 0 Å². The molecule has 3 nitrogen and oxygen atoms in total. The molecule has 0 saturated heterocycles. The predicted molar refractivity (Wildman–Crippen MR) is 96.5 cm³/mol. The van der Waals surface area contributed by atoms with Crippen LogP contribution in [0.2, 0.25) is 0 Å². The van der Waals surface area contributed by atoms with Gasteiger partial charge in [-0.1, -0.05) is 50.2 Å². The van der Waals surface area contributed by atoms with Crippen LogP contribution >= 0.6 is 11.3 Å². The van der Waals surface area contributed by atoms with E-state index in [2.05, 4.69) is 60.5 Å². The maximum Gasteiger partial charge on any atom is 0.0900 e. The number of hydrogen-bond acceptors (Lipinski definition) is 4. The first-order valence-corrected chi connectivity index (χ1v) is 9.06. The number of hydrogen-bond donors (Lipinski definition) is 1. The molecule has 1 aromatic carbocycles. The van der Waals surface area contributed by atoms with Crippen LogP contribution in [-0.4, -0.2) is 35.9 Å². The first kappa shape index (κ1) is 18.1. The Morgan fingerprint density at radius 3 is 2.48 bits per heavy atom. The van der Waals surface area contributed by atoms with Crippen LogP contribution in [0.4, 0.5) is 0 Å². The zero-order valence-electron chi connectivity index (χ0n) is 14.0. The highest BCUT2D eigenvalue weighted by Gasteiger charge is 2.14. The summed E-state index contributed by atoms with van der Waals surface area (Å²) < 4.78 is 5.57. The lowest BCUT2D eigenvalue weighted by molar-refractivity contribution is 0.00570. The van der Waals surface area contributed by atoms with E-state index >= 15 is 0 Å². The summed E-state index contributed by atoms with van der Waals surface area (Å²) in [7, 11) is 0. The van der Waals surface area contributed by atoms with Gasteiger partial charge in [-0.05, 0) is 22.9 Å². The largest absolute Gasteiger partial charge is 0.389 e. The highest BCUT2D eigenvalue weighted by atomic mass is 32.1. The fourth-order valence-electron chi connectivity index (χ4n) is 2.44. The molecule has 1 aromatic heterocycles. The molecule has 2 aromatic rings. The molecule has 1 heterocycles. The Morgan fingerprint density at radius 2 is 1.83 bits per heavy atom. The van der Waals surface area contributed by atoms with Crippen molar-refractivity contribution in [2.24, 2.45) is 5.92 Å². The molecule has 0 spiro atoms. The van der Waals surface area contributed by atoms with Gasteiger partial charge in [0.15, 0.2) is 0 Å². The van der Waals surface area contributed by atoms with Gasteiger partial charge in [-0.2, -0.15) is 0 Å². The number of nitrogens with zero attached hydrogens (tertiary/aromatic N) is 1. The minimum Gasteiger partial charge on any atom is -0.389 e. The Hall–Kier alpha value is -1.20. The molecule has 0 aliphatic heterocycles. The molecule has 0 aliphatic carbocycles. The van der Waals surface area contributed by atoms with Gasteiger partial charge >= 0.3 is 0 Å². The van der Waals surface area contributed by atoms with E-state index < -0.39 is 6.10 Å². The zero-order valence-corrected chi connectivity index (χ0v) is 14.8. The molecule has 0 fully saturated rings. The molecule has 126 valence electrons. The number of aliphatic hydroxyl groups excluding tert-OH is 1. The third-order valence-corrected chi connectivity index (χ3v) is 4.30. The molecule has 0 bridgehead atoms. The number of benzene rings is 1. The van der Waals surface area contributed by atoms with Crippen LogP contribution in [0.5, 0.6) is 0 Å². The second-order valence-corrected chi connectivity index (χ2v) is 7.35. The summed E-state index contributed by atoms with van der Waals surface area (Å²) in [6.07, 6.45) is -0.461. The van der Waals surface area contributed by atoms with Crippen molar-refractivity contribution in [2.45, 2.75) is 33.0 Å². The fraction of sp³-hybridized carbons (Fsp3) is 0.474. The lowest BCUT2D eigenvalue weighted by Gasteiger charge is -2.25. The summed E-state index contributed by atoms with van der Waals surface area (Å²) in [5, 5.41) is 12.4. The monoisotopic (exact) mass is 333 g/mol. The van der Waals surface area contributed by atoms with Crippen LogP contribution < -0.4 is 0 Å². The molecule has 0 saturated carbocycles. The molecule has 2 rings (SSSR count). The van der Waals surface area contributed by atoms with Crippen molar-refractivity contribution in [1.29, 1.82) is 0 Å². The Bertz CT molecular complexity index is 528. The van der Waals surface area contributed by atoms with Gasteiger partial charge < -0.3 is 9.84 Å². The molecule has 1 atom stereocenters. The highest BCUT2D eigenvalue weighted by molar-refractivity contribution is 7.09. The van der Waals surface area contributed by atoms with Gasteiger partial charge in [0.05, 0.1) is 12.7 Å². The van der Waals surface area contributed by atoms with E-state index in [1.807, 2.05) is 6.07 Å². The average Bonchev–Trinajstić information content (AvgIpc) is 3.00. The van der Waals surface area contributed by atoms with E-state index in [9.17, 15) is 5.11 Å². The lowest BCUT2D eigenvalue weighted by Crippen LogP contribution is -2.34. The second kappa shape index (κ2) is 9.83. The highest BCUT2D eigenvalue weighted by Crippen LogP contribution is 2.15. The van der Waals surface area contributed by atoms with E-state index in [4.69, 9.17) is 4.74 Å². The molecular weight excluding hydrogens is 306 g/mol. The first-order chi connectivity index (χ1) is 11.1. The Kier molecular flexibility index (Phi) is 7.76. The number of thiophene rings is 1. The maximum absolute atomic E-state index is 10.3. The van der Waals surface area contributed by atoms with E-state index in [0.29, 0.717) is 25.7 Å². The number of rotatable bonds is 10. The van der Waals surface area contributed by atoms with E-state index in [1.165, 1.54) is 10.4 Å². The van der Waals surface area contributed by atoms with Gasteiger partial charge in [-0.25, -0.2) is 0 Å². The zero-order chi connectivity index (χ0) is 16.5. The van der Waals surface area contributed by atoms with Gasteiger partial charge in [0.2, 0.25) is 0 Å². The summed E-state index contributed by atoms with van der Waals surface area (Å²) in [6, 6.07) is 14.6. The molecule has 0 aliphatic rings. The van der Waals surface area contributed by atoms with Crippen LogP contribution in [0.25, 0.3) is 0 Å². The topological polar surface area (TPSA) is 32.7 Å². The molecule has 23 heavy (non-hydrogen) atoms. The Labute approximate surface area is 143 Å². The quantitative estimate of drug-likeness (QED) is 0.718. The third kappa shape index (κ3) is 7.27. The lowest BCUT2D eigenvalue weighted by atomic mass is 10.2. The average molecular weight is 333 g/mol. The fourth-order valence-corrected chi connectivity index (χ4v) is 3.19. The van der Waals surface area contributed by atoms with Crippen LogP contribution in [0.15, 0.2) is 47.8 Å². The van der Waals surface area contributed by atoms with Crippen molar-refractivity contribution >= 4 is 11.3 Å². The maximum atomic E-state index is 10.3. The van der Waals surface area contributed by atoms with Crippen LogP contribution in [0, 0.1) is 5.92 Å². The Morgan fingerprint density at radius 1 is 1.04 bits per heavy atom. The minimum absolute atomic E-state index is 0.397. The smallest absolute Gasteiger partial charge is 0.0900 e. The normalized spacial score (nSPS) is 12.9. The number of aliphatic hydroxyl groups is 1. The van der Waals surface area contributed by atoms with Gasteiger partial charge in [-0.15, -0.1) is 11.3 Å². The molecule has 4 heteroatoms. The van der Waals surface area contributed by atoms with Gasteiger partial charge in [0, 0.05) is 31.1 Å². The van der Waals surface area contributed by atoms with E-state index in [0.717, 1.165) is 13.1 Å². The van der Waals surface area contributed by atoms with E-state index in [-0.39, 0.29) is 0 Å². The SMILES string of the molecule is CC(C)COC[C@H](O)CN(Cc1ccccc1)Cc1cccs1. The van der Waals surface area contributed by atoms with Gasteiger partial charge in [-0.3, -0.25) is 4.90 Å². The summed E-state index contributed by atoms with van der Waals surface area (Å²) in [4.78, 5) is 3.60. The summed E-state index contributed by atoms with van der Waals surface area (Å²) in [5.41, 5.74) is 1.26. The summed E-state index contributed by atoms with van der Waals surface area (Å²) in [5.74, 6) is 0.494. The van der Waals surface area contributed by atoms with Crippen molar-refractivity contribution in [3.05, 3.63) is 58.3 Å². The van der Waals surface area contributed by atoms with Crippen molar-refractivity contribution < 1.29 is 9.84 Å². The molecule has 0 amide bonds. The Balaban J connectivity index is 1.90. The van der Waals surface area contributed by atoms with Crippen LogP contribution in [-0.2, 0) is 17.8 Å². The molecule has 1 N–H and O–H groups in total. The van der Waals surface area contributed by atoms with Crippen LogP contribution in [0.3, 0.4) is 0 Å². The second-order valence-electron chi connectivity index (χ2n) is 6.32. The molecular formula is C19H27NO2S. The third-order valence-electron chi connectivity index (χ3n) is 3.44. The van der Waals surface area contributed by atoms with Gasteiger partial charge in [0.25, 0.3) is 0 Å². The van der Waals surface area contributed by atoms with Crippen molar-refractivity contribution in [3.8, 4) is 0 Å². The predicted octanol–water partition coefficient (Wildman–Crippen LogP) is 3.78. The minimum atomic E-state index is -0.461. The number of ether oxygens (including phenoxy) is 1. The first-order valence-electron chi connectivity index (χ1n) is 8.18. The molecule has 0 radical (unpaired) electrons. The molecule has 0 unspecified atom stereocenters. The van der Waals surface area contributed by atoms with E-state index in [1.54, 1.807) is 11.3 Å². The van der Waals surface area contributed by atoms with Crippen molar-refractivity contribution in [2.75, 3.05) is 19.8 Å². The summed E-state index contributed by atoms with van der Waals surface area (Å²) >= 11 is 1.76. The summed E-state index contributed by atoms with van der Waals surface area (Å²) in [6.45, 7) is 7.63.